The maximum Gasteiger partial charge on any atom is 0.246 e. The molecule has 1 aromatic rings. The molecule has 2 rings (SSSR count). The number of rotatable bonds is 7. The topological polar surface area (TPSA) is 49.4 Å². The summed E-state index contributed by atoms with van der Waals surface area (Å²) in [6.07, 6.45) is 1.67. The van der Waals surface area contributed by atoms with Crippen LogP contribution in [-0.2, 0) is 16.6 Å². The van der Waals surface area contributed by atoms with Crippen molar-refractivity contribution in [2.24, 2.45) is 0 Å². The molecule has 0 bridgehead atoms. The fraction of sp³-hybridized carbons (Fsp3) is 0.571. The highest BCUT2D eigenvalue weighted by Gasteiger charge is 2.38. The Kier molecular flexibility index (Phi) is 5.24. The molecule has 1 saturated carbocycles. The van der Waals surface area contributed by atoms with Crippen LogP contribution in [0.5, 0.6) is 0 Å². The first-order chi connectivity index (χ1) is 9.91. The van der Waals surface area contributed by atoms with Crippen molar-refractivity contribution in [2.45, 2.75) is 44.2 Å². The summed E-state index contributed by atoms with van der Waals surface area (Å²) in [6, 6.07) is 2.66. The molecule has 4 nitrogen and oxygen atoms in total. The first-order valence-electron chi connectivity index (χ1n) is 7.12. The normalized spacial score (nSPS) is 15.7. The zero-order valence-electron chi connectivity index (χ0n) is 12.2. The lowest BCUT2D eigenvalue weighted by Crippen LogP contribution is -2.33. The highest BCUT2D eigenvalue weighted by molar-refractivity contribution is 7.89. The van der Waals surface area contributed by atoms with Crippen molar-refractivity contribution in [1.82, 2.24) is 9.62 Å². The Balaban J connectivity index is 2.44. The molecule has 0 amide bonds. The third-order valence-electron chi connectivity index (χ3n) is 3.50. The highest BCUT2D eigenvalue weighted by Crippen LogP contribution is 2.34. The Morgan fingerprint density at radius 3 is 2.57 bits per heavy atom. The highest BCUT2D eigenvalue weighted by atomic mass is 35.5. The maximum atomic E-state index is 14.5. The van der Waals surface area contributed by atoms with E-state index in [0.717, 1.165) is 12.8 Å². The van der Waals surface area contributed by atoms with Gasteiger partial charge in [-0.1, -0.05) is 25.4 Å². The Morgan fingerprint density at radius 1 is 1.38 bits per heavy atom. The van der Waals surface area contributed by atoms with Gasteiger partial charge in [-0.15, -0.1) is 0 Å². The lowest BCUT2D eigenvalue weighted by Gasteiger charge is -2.21. The maximum absolute atomic E-state index is 14.5. The first-order valence-corrected chi connectivity index (χ1v) is 8.94. The molecule has 118 valence electrons. The van der Waals surface area contributed by atoms with Crippen LogP contribution in [0.1, 0.15) is 32.3 Å². The molecule has 0 heterocycles. The summed E-state index contributed by atoms with van der Waals surface area (Å²) >= 11 is 5.97. The third-order valence-corrected chi connectivity index (χ3v) is 5.74. The minimum Gasteiger partial charge on any atom is -0.313 e. The molecule has 0 aromatic heterocycles. The van der Waals surface area contributed by atoms with Gasteiger partial charge in [0.1, 0.15) is 10.7 Å². The van der Waals surface area contributed by atoms with Gasteiger partial charge < -0.3 is 5.32 Å². The molecule has 0 atom stereocenters. The fourth-order valence-corrected chi connectivity index (χ4v) is 4.44. The Morgan fingerprint density at radius 2 is 2.05 bits per heavy atom. The van der Waals surface area contributed by atoms with Gasteiger partial charge in [0.05, 0.1) is 0 Å². The molecule has 0 saturated heterocycles. The predicted molar refractivity (Wildman–Crippen MR) is 81.4 cm³/mol. The Hall–Kier alpha value is -0.690. The fourth-order valence-electron chi connectivity index (χ4n) is 2.31. The molecule has 0 spiro atoms. The smallest absolute Gasteiger partial charge is 0.246 e. The summed E-state index contributed by atoms with van der Waals surface area (Å²) in [5.41, 5.74) is 0.273. The lowest BCUT2D eigenvalue weighted by molar-refractivity contribution is 0.416. The van der Waals surface area contributed by atoms with Gasteiger partial charge in [0.25, 0.3) is 0 Å². The largest absolute Gasteiger partial charge is 0.313 e. The zero-order valence-corrected chi connectivity index (χ0v) is 13.8. The number of benzene rings is 1. The van der Waals surface area contributed by atoms with Gasteiger partial charge in [0, 0.05) is 29.7 Å². The molecule has 0 radical (unpaired) electrons. The summed E-state index contributed by atoms with van der Waals surface area (Å²) in [5, 5.41) is 3.21. The van der Waals surface area contributed by atoms with Crippen LogP contribution in [0.4, 0.5) is 4.39 Å². The van der Waals surface area contributed by atoms with Crippen LogP contribution in [-0.4, -0.2) is 31.9 Å². The summed E-state index contributed by atoms with van der Waals surface area (Å²) in [4.78, 5) is -0.323. The molecule has 7 heteroatoms. The molecular formula is C14H20ClFN2O2S. The van der Waals surface area contributed by atoms with Crippen LogP contribution in [0.25, 0.3) is 0 Å². The van der Waals surface area contributed by atoms with Crippen molar-refractivity contribution in [3.63, 3.8) is 0 Å². The van der Waals surface area contributed by atoms with Crippen molar-refractivity contribution in [3.05, 3.63) is 28.5 Å². The van der Waals surface area contributed by atoms with Gasteiger partial charge in [-0.3, -0.25) is 0 Å². The average Bonchev–Trinajstić information content (AvgIpc) is 3.24. The minimum atomic E-state index is -3.84. The van der Waals surface area contributed by atoms with Crippen molar-refractivity contribution in [1.29, 1.82) is 0 Å². The van der Waals surface area contributed by atoms with E-state index in [2.05, 4.69) is 5.32 Å². The molecule has 1 aliphatic rings. The van der Waals surface area contributed by atoms with Crippen molar-refractivity contribution < 1.29 is 12.8 Å². The van der Waals surface area contributed by atoms with E-state index in [1.165, 1.54) is 16.4 Å². The predicted octanol–water partition coefficient (Wildman–Crippen LogP) is 2.76. The van der Waals surface area contributed by atoms with E-state index in [-0.39, 0.29) is 28.1 Å². The van der Waals surface area contributed by atoms with Gasteiger partial charge in [-0.2, -0.15) is 4.31 Å². The van der Waals surface area contributed by atoms with Crippen LogP contribution >= 0.6 is 11.6 Å². The van der Waals surface area contributed by atoms with E-state index in [0.29, 0.717) is 13.1 Å². The standard InChI is InChI=1S/C14H20ClFN2O2S/c1-3-17-9-10-7-11(15)8-13(14(10)16)21(19,20)18(4-2)12-5-6-12/h7-8,12,17H,3-6,9H2,1-2H3. The quantitative estimate of drug-likeness (QED) is 0.834. The average molecular weight is 335 g/mol. The molecule has 1 aliphatic carbocycles. The number of halogens is 2. The van der Waals surface area contributed by atoms with E-state index in [4.69, 9.17) is 11.6 Å². The first kappa shape index (κ1) is 16.7. The van der Waals surface area contributed by atoms with Gasteiger partial charge >= 0.3 is 0 Å². The van der Waals surface area contributed by atoms with Gasteiger partial charge in [0.15, 0.2) is 0 Å². The molecule has 1 fully saturated rings. The number of nitrogens with zero attached hydrogens (tertiary/aromatic N) is 1. The number of hydrogen-bond donors (Lipinski definition) is 1. The number of nitrogens with one attached hydrogen (secondary N) is 1. The second-order valence-electron chi connectivity index (χ2n) is 5.10. The van der Waals surface area contributed by atoms with E-state index >= 15 is 0 Å². The molecule has 0 aliphatic heterocycles. The van der Waals surface area contributed by atoms with Gasteiger partial charge in [0.2, 0.25) is 10.0 Å². The zero-order chi connectivity index (χ0) is 15.6. The van der Waals surface area contributed by atoms with Gasteiger partial charge in [-0.05, 0) is 31.5 Å². The van der Waals surface area contributed by atoms with Gasteiger partial charge in [-0.25, -0.2) is 12.8 Å². The summed E-state index contributed by atoms with van der Waals surface area (Å²) in [6.45, 7) is 4.91. The SMILES string of the molecule is CCNCc1cc(Cl)cc(S(=O)(=O)N(CC)C2CC2)c1F. The summed E-state index contributed by atoms with van der Waals surface area (Å²) in [7, 11) is -3.84. The monoisotopic (exact) mass is 334 g/mol. The second kappa shape index (κ2) is 6.60. The third kappa shape index (κ3) is 3.56. The summed E-state index contributed by atoms with van der Waals surface area (Å²) in [5.74, 6) is -0.709. The molecule has 21 heavy (non-hydrogen) atoms. The van der Waals surface area contributed by atoms with Crippen LogP contribution in [0.3, 0.4) is 0 Å². The molecular weight excluding hydrogens is 315 g/mol. The summed E-state index contributed by atoms with van der Waals surface area (Å²) < 4.78 is 41.2. The van der Waals surface area contributed by atoms with Crippen LogP contribution < -0.4 is 5.32 Å². The number of hydrogen-bond acceptors (Lipinski definition) is 3. The van der Waals surface area contributed by atoms with Crippen molar-refractivity contribution >= 4 is 21.6 Å². The van der Waals surface area contributed by atoms with Crippen LogP contribution in [0.2, 0.25) is 5.02 Å². The van der Waals surface area contributed by atoms with Crippen molar-refractivity contribution in [3.8, 4) is 0 Å². The van der Waals surface area contributed by atoms with Crippen LogP contribution in [0, 0.1) is 5.82 Å². The van der Waals surface area contributed by atoms with Crippen molar-refractivity contribution in [2.75, 3.05) is 13.1 Å². The molecule has 1 N–H and O–H groups in total. The van der Waals surface area contributed by atoms with E-state index in [1.807, 2.05) is 6.92 Å². The second-order valence-corrected chi connectivity index (χ2v) is 7.39. The number of sulfonamides is 1. The van der Waals surface area contributed by atoms with Crippen LogP contribution in [0.15, 0.2) is 17.0 Å². The Bertz CT molecular complexity index is 618. The van der Waals surface area contributed by atoms with E-state index < -0.39 is 15.8 Å². The Labute approximate surface area is 130 Å². The molecule has 1 aromatic carbocycles. The minimum absolute atomic E-state index is 0.00408. The van der Waals surface area contributed by atoms with E-state index in [9.17, 15) is 12.8 Å². The lowest BCUT2D eigenvalue weighted by atomic mass is 10.2. The molecule has 0 unspecified atom stereocenters. The van der Waals surface area contributed by atoms with E-state index in [1.54, 1.807) is 6.92 Å².